The number of pyridine rings is 1. The van der Waals surface area contributed by atoms with Crippen molar-refractivity contribution in [1.82, 2.24) is 9.88 Å². The number of hydrogen-bond donors (Lipinski definition) is 0. The molecule has 0 saturated carbocycles. The first-order valence-corrected chi connectivity index (χ1v) is 11.6. The quantitative estimate of drug-likeness (QED) is 0.656. The van der Waals surface area contributed by atoms with E-state index >= 15 is 0 Å². The Morgan fingerprint density at radius 3 is 2.24 bits per heavy atom. The van der Waals surface area contributed by atoms with E-state index in [2.05, 4.69) is 27.8 Å². The van der Waals surface area contributed by atoms with Gasteiger partial charge < -0.3 is 9.80 Å². The Labute approximate surface area is 172 Å². The number of nitrogens with zero attached hydrogens (tertiary/aromatic N) is 3. The van der Waals surface area contributed by atoms with Crippen molar-refractivity contribution in [3.05, 3.63) is 59.8 Å². The normalized spacial score (nSPS) is 15.8. The SMILES string of the molecule is CCN1CCN(c2c(S(=O)(=O)c3ccc(C)cc3)cnc3ccc(C)cc23)CC1. The fourth-order valence-electron chi connectivity index (χ4n) is 3.93. The number of likely N-dealkylation sites (N-methyl/N-ethyl adjacent to an activating group) is 1. The van der Waals surface area contributed by atoms with Crippen LogP contribution in [-0.2, 0) is 9.84 Å². The third-order valence-electron chi connectivity index (χ3n) is 5.72. The number of hydrogen-bond acceptors (Lipinski definition) is 5. The molecule has 2 aromatic carbocycles. The van der Waals surface area contributed by atoms with Gasteiger partial charge in [0.05, 0.1) is 16.1 Å². The fraction of sp³-hybridized carbons (Fsp3) is 0.348. The number of rotatable bonds is 4. The van der Waals surface area contributed by atoms with Crippen LogP contribution < -0.4 is 4.90 Å². The van der Waals surface area contributed by atoms with E-state index in [9.17, 15) is 8.42 Å². The molecule has 1 saturated heterocycles. The first kappa shape index (κ1) is 19.9. The summed E-state index contributed by atoms with van der Waals surface area (Å²) in [5.74, 6) is 0. The Hall–Kier alpha value is -2.44. The maximum atomic E-state index is 13.6. The molecule has 0 amide bonds. The van der Waals surface area contributed by atoms with E-state index in [1.165, 1.54) is 6.20 Å². The zero-order valence-corrected chi connectivity index (χ0v) is 18.0. The second-order valence-corrected chi connectivity index (χ2v) is 9.65. The molecule has 0 atom stereocenters. The molecule has 1 fully saturated rings. The van der Waals surface area contributed by atoms with Crippen molar-refractivity contribution in [3.8, 4) is 0 Å². The summed E-state index contributed by atoms with van der Waals surface area (Å²) >= 11 is 0. The molecule has 5 nitrogen and oxygen atoms in total. The Morgan fingerprint density at radius 1 is 0.931 bits per heavy atom. The van der Waals surface area contributed by atoms with Gasteiger partial charge in [-0.05, 0) is 44.7 Å². The lowest BCUT2D eigenvalue weighted by atomic mass is 10.1. The molecule has 1 aliphatic rings. The van der Waals surface area contributed by atoms with Crippen LogP contribution >= 0.6 is 0 Å². The molecule has 152 valence electrons. The van der Waals surface area contributed by atoms with Crippen molar-refractivity contribution in [1.29, 1.82) is 0 Å². The average molecular weight is 410 g/mol. The topological polar surface area (TPSA) is 53.5 Å². The summed E-state index contributed by atoms with van der Waals surface area (Å²) in [5.41, 5.74) is 3.74. The highest BCUT2D eigenvalue weighted by atomic mass is 32.2. The number of fused-ring (bicyclic) bond motifs is 1. The average Bonchev–Trinajstić information content (AvgIpc) is 2.73. The van der Waals surface area contributed by atoms with Crippen LogP contribution in [0.3, 0.4) is 0 Å². The van der Waals surface area contributed by atoms with E-state index in [1.807, 2.05) is 38.1 Å². The standard InChI is InChI=1S/C23H27N3O2S/c1-4-25-11-13-26(14-12-25)23-20-15-18(3)7-10-21(20)24-16-22(23)29(27,28)19-8-5-17(2)6-9-19/h5-10,15-16H,4,11-14H2,1-3H3. The van der Waals surface area contributed by atoms with Gasteiger partial charge >= 0.3 is 0 Å². The Bertz CT molecular complexity index is 1130. The van der Waals surface area contributed by atoms with E-state index in [-0.39, 0.29) is 0 Å². The van der Waals surface area contributed by atoms with Crippen molar-refractivity contribution in [2.75, 3.05) is 37.6 Å². The Kier molecular flexibility index (Phi) is 5.32. The molecular weight excluding hydrogens is 382 g/mol. The molecule has 1 aliphatic heterocycles. The van der Waals surface area contributed by atoms with Crippen LogP contribution in [0.4, 0.5) is 5.69 Å². The van der Waals surface area contributed by atoms with Gasteiger partial charge in [-0.25, -0.2) is 8.42 Å². The molecule has 0 unspecified atom stereocenters. The predicted octanol–water partition coefficient (Wildman–Crippen LogP) is 3.83. The molecule has 2 heterocycles. The number of aromatic nitrogens is 1. The molecule has 0 bridgehead atoms. The van der Waals surface area contributed by atoms with E-state index in [4.69, 9.17) is 0 Å². The highest BCUT2D eigenvalue weighted by Gasteiger charge is 2.28. The molecular formula is C23H27N3O2S. The van der Waals surface area contributed by atoms with Crippen LogP contribution in [0.25, 0.3) is 10.9 Å². The second-order valence-electron chi connectivity index (χ2n) is 7.73. The van der Waals surface area contributed by atoms with Crippen LogP contribution in [0.15, 0.2) is 58.5 Å². The van der Waals surface area contributed by atoms with Crippen molar-refractivity contribution in [3.63, 3.8) is 0 Å². The third kappa shape index (κ3) is 3.74. The lowest BCUT2D eigenvalue weighted by Crippen LogP contribution is -2.46. The molecule has 6 heteroatoms. The van der Waals surface area contributed by atoms with Crippen LogP contribution in [-0.4, -0.2) is 51.0 Å². The number of benzene rings is 2. The van der Waals surface area contributed by atoms with Gasteiger partial charge in [-0.1, -0.05) is 36.2 Å². The highest BCUT2D eigenvalue weighted by Crippen LogP contribution is 2.36. The van der Waals surface area contributed by atoms with Gasteiger partial charge in [-0.3, -0.25) is 4.98 Å². The summed E-state index contributed by atoms with van der Waals surface area (Å²) in [6, 6.07) is 13.1. The number of sulfone groups is 1. The largest absolute Gasteiger partial charge is 0.367 e. The lowest BCUT2D eigenvalue weighted by molar-refractivity contribution is 0.271. The zero-order chi connectivity index (χ0) is 20.6. The van der Waals surface area contributed by atoms with Crippen LogP contribution in [0.1, 0.15) is 18.1 Å². The summed E-state index contributed by atoms with van der Waals surface area (Å²) in [6.45, 7) is 10.6. The fourth-order valence-corrected chi connectivity index (χ4v) is 5.36. The van der Waals surface area contributed by atoms with E-state index in [0.717, 1.165) is 60.4 Å². The van der Waals surface area contributed by atoms with Gasteiger partial charge in [-0.15, -0.1) is 0 Å². The molecule has 0 aliphatic carbocycles. The molecule has 3 aromatic rings. The second kappa shape index (κ2) is 7.76. The Balaban J connectivity index is 1.91. The third-order valence-corrected chi connectivity index (χ3v) is 7.49. The summed E-state index contributed by atoms with van der Waals surface area (Å²) in [7, 11) is -3.68. The molecule has 0 N–H and O–H groups in total. The number of anilines is 1. The minimum atomic E-state index is -3.68. The summed E-state index contributed by atoms with van der Waals surface area (Å²) < 4.78 is 27.2. The molecule has 0 radical (unpaired) electrons. The highest BCUT2D eigenvalue weighted by molar-refractivity contribution is 7.91. The summed E-state index contributed by atoms with van der Waals surface area (Å²) in [4.78, 5) is 9.72. The predicted molar refractivity (Wildman–Crippen MR) is 117 cm³/mol. The minimum absolute atomic E-state index is 0.296. The van der Waals surface area contributed by atoms with E-state index in [0.29, 0.717) is 9.79 Å². The van der Waals surface area contributed by atoms with Gasteiger partial charge in [0.1, 0.15) is 4.90 Å². The van der Waals surface area contributed by atoms with Crippen LogP contribution in [0.5, 0.6) is 0 Å². The number of piperazine rings is 1. The van der Waals surface area contributed by atoms with Gasteiger partial charge in [0.25, 0.3) is 0 Å². The van der Waals surface area contributed by atoms with Crippen molar-refractivity contribution >= 4 is 26.4 Å². The van der Waals surface area contributed by atoms with Crippen molar-refractivity contribution < 1.29 is 8.42 Å². The number of aryl methyl sites for hydroxylation is 2. The maximum absolute atomic E-state index is 13.6. The van der Waals surface area contributed by atoms with Gasteiger partial charge in [0.2, 0.25) is 9.84 Å². The van der Waals surface area contributed by atoms with Crippen LogP contribution in [0, 0.1) is 13.8 Å². The molecule has 1 aromatic heterocycles. The maximum Gasteiger partial charge on any atom is 0.210 e. The van der Waals surface area contributed by atoms with Gasteiger partial charge in [-0.2, -0.15) is 0 Å². The lowest BCUT2D eigenvalue weighted by Gasteiger charge is -2.36. The van der Waals surface area contributed by atoms with Crippen molar-refractivity contribution in [2.24, 2.45) is 0 Å². The summed E-state index contributed by atoms with van der Waals surface area (Å²) in [6.07, 6.45) is 1.54. The van der Waals surface area contributed by atoms with E-state index < -0.39 is 9.84 Å². The van der Waals surface area contributed by atoms with E-state index in [1.54, 1.807) is 12.1 Å². The minimum Gasteiger partial charge on any atom is -0.367 e. The molecule has 29 heavy (non-hydrogen) atoms. The van der Waals surface area contributed by atoms with Gasteiger partial charge in [0, 0.05) is 37.8 Å². The summed E-state index contributed by atoms with van der Waals surface area (Å²) in [5, 5.41) is 0.906. The zero-order valence-electron chi connectivity index (χ0n) is 17.2. The molecule has 0 spiro atoms. The smallest absolute Gasteiger partial charge is 0.210 e. The monoisotopic (exact) mass is 409 g/mol. The first-order valence-electron chi connectivity index (χ1n) is 10.1. The van der Waals surface area contributed by atoms with Gasteiger partial charge in [0.15, 0.2) is 0 Å². The van der Waals surface area contributed by atoms with Crippen LogP contribution in [0.2, 0.25) is 0 Å². The molecule has 4 rings (SSSR count). The first-order chi connectivity index (χ1) is 13.9. The Morgan fingerprint density at radius 2 is 1.59 bits per heavy atom. The van der Waals surface area contributed by atoms with Crippen molar-refractivity contribution in [2.45, 2.75) is 30.6 Å².